The van der Waals surface area contributed by atoms with E-state index in [-0.39, 0.29) is 11.7 Å². The third-order valence-electron chi connectivity index (χ3n) is 5.58. The number of anilines is 1. The molecule has 142 valence electrons. The standard InChI is InChI=1S/C21H27N5O/c1-14-7-4-5-8-16(14)12-26-19-18(25-10-6-9-17(22)13-25)11-15(2)23-20(19)24(3)21(26)27/h4-5,7-8,11,17H,6,9-10,12-13,22H2,1-3H3/t17-/m1/s1. The predicted octanol–water partition coefficient (Wildman–Crippen LogP) is 2.33. The highest BCUT2D eigenvalue weighted by molar-refractivity contribution is 5.87. The van der Waals surface area contributed by atoms with Crippen LogP contribution in [-0.2, 0) is 13.6 Å². The number of rotatable bonds is 3. The van der Waals surface area contributed by atoms with E-state index in [9.17, 15) is 4.79 Å². The number of aryl methyl sites for hydroxylation is 3. The molecule has 1 aliphatic heterocycles. The average Bonchev–Trinajstić information content (AvgIpc) is 2.88. The van der Waals surface area contributed by atoms with Crippen LogP contribution >= 0.6 is 0 Å². The minimum absolute atomic E-state index is 0.0334. The van der Waals surface area contributed by atoms with Crippen molar-refractivity contribution in [2.75, 3.05) is 18.0 Å². The van der Waals surface area contributed by atoms with Gasteiger partial charge < -0.3 is 10.6 Å². The molecule has 3 heterocycles. The Morgan fingerprint density at radius 3 is 2.78 bits per heavy atom. The van der Waals surface area contributed by atoms with Crippen LogP contribution in [0.1, 0.15) is 29.7 Å². The first-order chi connectivity index (χ1) is 13.0. The summed E-state index contributed by atoms with van der Waals surface area (Å²) < 4.78 is 3.52. The maximum Gasteiger partial charge on any atom is 0.330 e. The van der Waals surface area contributed by atoms with E-state index < -0.39 is 0 Å². The number of nitrogens with zero attached hydrogens (tertiary/aromatic N) is 4. The molecule has 1 atom stereocenters. The van der Waals surface area contributed by atoms with Gasteiger partial charge in [-0.1, -0.05) is 24.3 Å². The number of piperidine rings is 1. The first-order valence-electron chi connectivity index (χ1n) is 9.57. The second kappa shape index (κ2) is 6.85. The lowest BCUT2D eigenvalue weighted by Crippen LogP contribution is -2.43. The lowest BCUT2D eigenvalue weighted by Gasteiger charge is -2.33. The van der Waals surface area contributed by atoms with Gasteiger partial charge >= 0.3 is 5.69 Å². The summed E-state index contributed by atoms with van der Waals surface area (Å²) in [5.74, 6) is 0. The van der Waals surface area contributed by atoms with Crippen LogP contribution in [0.4, 0.5) is 5.69 Å². The van der Waals surface area contributed by atoms with Gasteiger partial charge in [0.25, 0.3) is 0 Å². The molecular formula is C21H27N5O. The molecule has 0 spiro atoms. The highest BCUT2D eigenvalue weighted by atomic mass is 16.1. The molecule has 1 fully saturated rings. The fraction of sp³-hybridized carbons (Fsp3) is 0.429. The Bertz CT molecular complexity index is 1050. The summed E-state index contributed by atoms with van der Waals surface area (Å²) in [6.07, 6.45) is 2.12. The molecule has 1 aromatic carbocycles. The number of benzene rings is 1. The van der Waals surface area contributed by atoms with Crippen LogP contribution in [0.15, 0.2) is 35.1 Å². The van der Waals surface area contributed by atoms with Gasteiger partial charge in [-0.05, 0) is 43.9 Å². The third kappa shape index (κ3) is 3.14. The summed E-state index contributed by atoms with van der Waals surface area (Å²) in [5.41, 5.74) is 12.2. The number of hydrogen-bond donors (Lipinski definition) is 1. The molecule has 2 N–H and O–H groups in total. The Morgan fingerprint density at radius 1 is 1.26 bits per heavy atom. The number of pyridine rings is 1. The third-order valence-corrected chi connectivity index (χ3v) is 5.58. The molecule has 27 heavy (non-hydrogen) atoms. The van der Waals surface area contributed by atoms with Gasteiger partial charge in [0.1, 0.15) is 5.52 Å². The van der Waals surface area contributed by atoms with Crippen molar-refractivity contribution in [1.82, 2.24) is 14.1 Å². The largest absolute Gasteiger partial charge is 0.368 e. The van der Waals surface area contributed by atoms with Crippen LogP contribution in [0, 0.1) is 13.8 Å². The molecule has 2 aromatic heterocycles. The molecule has 0 aliphatic carbocycles. The lowest BCUT2D eigenvalue weighted by atomic mass is 10.1. The van der Waals surface area contributed by atoms with E-state index in [0.29, 0.717) is 6.54 Å². The van der Waals surface area contributed by atoms with Crippen molar-refractivity contribution in [1.29, 1.82) is 0 Å². The normalized spacial score (nSPS) is 17.6. The van der Waals surface area contributed by atoms with Gasteiger partial charge in [-0.25, -0.2) is 9.78 Å². The average molecular weight is 365 g/mol. The fourth-order valence-corrected chi connectivity index (χ4v) is 4.07. The summed E-state index contributed by atoms with van der Waals surface area (Å²) in [6, 6.07) is 10.5. The number of nitrogens with two attached hydrogens (primary N) is 1. The molecule has 0 unspecified atom stereocenters. The molecule has 0 amide bonds. The van der Waals surface area contributed by atoms with Crippen LogP contribution < -0.4 is 16.3 Å². The molecule has 6 nitrogen and oxygen atoms in total. The van der Waals surface area contributed by atoms with Gasteiger partial charge in [0.15, 0.2) is 5.65 Å². The van der Waals surface area contributed by atoms with Gasteiger partial charge in [-0.15, -0.1) is 0 Å². The number of aromatic nitrogens is 3. The fourth-order valence-electron chi connectivity index (χ4n) is 4.07. The summed E-state index contributed by atoms with van der Waals surface area (Å²) in [6.45, 7) is 6.38. The van der Waals surface area contributed by atoms with E-state index in [0.717, 1.165) is 54.0 Å². The SMILES string of the molecule is Cc1cc(N2CCC[C@@H](N)C2)c2c(n1)n(C)c(=O)n2Cc1ccccc1C. The topological polar surface area (TPSA) is 69.1 Å². The second-order valence-corrected chi connectivity index (χ2v) is 7.66. The monoisotopic (exact) mass is 365 g/mol. The van der Waals surface area contributed by atoms with Crippen LogP contribution in [0.3, 0.4) is 0 Å². The molecular weight excluding hydrogens is 338 g/mol. The van der Waals surface area contributed by atoms with Crippen LogP contribution in [0.5, 0.6) is 0 Å². The zero-order chi connectivity index (χ0) is 19.1. The quantitative estimate of drug-likeness (QED) is 0.773. The minimum Gasteiger partial charge on any atom is -0.368 e. The van der Waals surface area contributed by atoms with Crippen molar-refractivity contribution in [2.24, 2.45) is 12.8 Å². The van der Waals surface area contributed by atoms with Crippen molar-refractivity contribution >= 4 is 16.9 Å². The second-order valence-electron chi connectivity index (χ2n) is 7.66. The Labute approximate surface area is 159 Å². The number of fused-ring (bicyclic) bond motifs is 1. The Morgan fingerprint density at radius 2 is 2.04 bits per heavy atom. The van der Waals surface area contributed by atoms with Crippen molar-refractivity contribution in [3.8, 4) is 0 Å². The molecule has 0 saturated carbocycles. The molecule has 1 saturated heterocycles. The molecule has 0 radical (unpaired) electrons. The highest BCUT2D eigenvalue weighted by Crippen LogP contribution is 2.29. The predicted molar refractivity (Wildman–Crippen MR) is 109 cm³/mol. The van der Waals surface area contributed by atoms with Gasteiger partial charge in [-0.2, -0.15) is 0 Å². The Balaban J connectivity index is 1.92. The minimum atomic E-state index is -0.0334. The zero-order valence-corrected chi connectivity index (χ0v) is 16.3. The van der Waals surface area contributed by atoms with Crippen LogP contribution in [-0.4, -0.2) is 33.2 Å². The highest BCUT2D eigenvalue weighted by Gasteiger charge is 2.24. The van der Waals surface area contributed by atoms with Gasteiger partial charge in [0.05, 0.1) is 12.2 Å². The van der Waals surface area contributed by atoms with E-state index in [1.165, 1.54) is 5.56 Å². The maximum atomic E-state index is 13.1. The van der Waals surface area contributed by atoms with Gasteiger partial charge in [0, 0.05) is 31.9 Å². The lowest BCUT2D eigenvalue weighted by molar-refractivity contribution is 0.506. The van der Waals surface area contributed by atoms with E-state index in [1.807, 2.05) is 23.6 Å². The van der Waals surface area contributed by atoms with Crippen molar-refractivity contribution < 1.29 is 0 Å². The molecule has 3 aromatic rings. The maximum absolute atomic E-state index is 13.1. The Kier molecular flexibility index (Phi) is 4.52. The van der Waals surface area contributed by atoms with Crippen molar-refractivity contribution in [3.05, 3.63) is 57.6 Å². The van der Waals surface area contributed by atoms with Gasteiger partial charge in [-0.3, -0.25) is 9.13 Å². The number of hydrogen-bond acceptors (Lipinski definition) is 4. The van der Waals surface area contributed by atoms with E-state index in [1.54, 1.807) is 11.6 Å². The first kappa shape index (κ1) is 17.8. The van der Waals surface area contributed by atoms with Crippen molar-refractivity contribution in [3.63, 3.8) is 0 Å². The summed E-state index contributed by atoms with van der Waals surface area (Å²) >= 11 is 0. The van der Waals surface area contributed by atoms with Gasteiger partial charge in [0.2, 0.25) is 0 Å². The van der Waals surface area contributed by atoms with Crippen molar-refractivity contribution in [2.45, 2.75) is 39.3 Å². The Hall–Kier alpha value is -2.60. The van der Waals surface area contributed by atoms with Crippen LogP contribution in [0.2, 0.25) is 0 Å². The number of imidazole rings is 1. The van der Waals surface area contributed by atoms with E-state index in [2.05, 4.69) is 35.0 Å². The van der Waals surface area contributed by atoms with E-state index >= 15 is 0 Å². The molecule has 1 aliphatic rings. The zero-order valence-electron chi connectivity index (χ0n) is 16.3. The smallest absolute Gasteiger partial charge is 0.330 e. The summed E-state index contributed by atoms with van der Waals surface area (Å²) in [7, 11) is 1.80. The molecule has 4 rings (SSSR count). The summed E-state index contributed by atoms with van der Waals surface area (Å²) in [4.78, 5) is 20.1. The van der Waals surface area contributed by atoms with E-state index in [4.69, 9.17) is 5.73 Å². The summed E-state index contributed by atoms with van der Waals surface area (Å²) in [5, 5.41) is 0. The molecule has 6 heteroatoms. The first-order valence-corrected chi connectivity index (χ1v) is 9.57. The van der Waals surface area contributed by atoms with Crippen LogP contribution in [0.25, 0.3) is 11.2 Å². The molecule has 0 bridgehead atoms.